The third-order valence-electron chi connectivity index (χ3n) is 7.99. The van der Waals surface area contributed by atoms with Crippen molar-refractivity contribution in [3.63, 3.8) is 0 Å². The van der Waals surface area contributed by atoms with Gasteiger partial charge in [0.2, 0.25) is 0 Å². The molecular weight excluding hydrogens is 545 g/mol. The second kappa shape index (κ2) is 11.1. The van der Waals surface area contributed by atoms with Gasteiger partial charge in [-0.3, -0.25) is 19.5 Å². The number of hydrogen-bond donors (Lipinski definition) is 1. The number of carbonyl (C=O) groups excluding carboxylic acids is 2. The van der Waals surface area contributed by atoms with Crippen LogP contribution >= 0.6 is 0 Å². The standard InChI is InChI=1S/C35H32FN3O4/c1-21-9-7-12-26(37-21)34(42)39-28-13-8-14-29(40)32(28)38-27-18-35(2,3)19-30(41)31(27)33(39)24-16-15-23(17-25(24)36)43-20-22-10-5-4-6-11-22/h4-17,31,33,40H,18-20H2,1-3H3/t31?,33-/m0/s1. The summed E-state index contributed by atoms with van der Waals surface area (Å²) in [5.74, 6) is -2.05. The van der Waals surface area contributed by atoms with Gasteiger partial charge in [-0.15, -0.1) is 0 Å². The van der Waals surface area contributed by atoms with Gasteiger partial charge in [-0.1, -0.05) is 62.4 Å². The fraction of sp³-hybridized carbons (Fsp3) is 0.257. The van der Waals surface area contributed by atoms with E-state index in [0.29, 0.717) is 23.6 Å². The fourth-order valence-corrected chi connectivity index (χ4v) is 6.09. The molecule has 8 heteroatoms. The number of anilines is 1. The number of aromatic nitrogens is 1. The number of amides is 1. The number of phenols is 1. The highest BCUT2D eigenvalue weighted by atomic mass is 19.1. The molecule has 1 unspecified atom stereocenters. The number of benzene rings is 3. The van der Waals surface area contributed by atoms with E-state index >= 15 is 4.39 Å². The third-order valence-corrected chi connectivity index (χ3v) is 7.99. The smallest absolute Gasteiger partial charge is 0.277 e. The van der Waals surface area contributed by atoms with Crippen LogP contribution in [0.1, 0.15) is 60.0 Å². The van der Waals surface area contributed by atoms with E-state index < -0.39 is 29.1 Å². The van der Waals surface area contributed by atoms with Crippen molar-refractivity contribution in [1.29, 1.82) is 0 Å². The van der Waals surface area contributed by atoms with Crippen LogP contribution in [0.15, 0.2) is 89.9 Å². The van der Waals surface area contributed by atoms with Gasteiger partial charge in [0, 0.05) is 29.5 Å². The Morgan fingerprint density at radius 1 is 1.02 bits per heavy atom. The Balaban J connectivity index is 1.51. The molecule has 1 N–H and O–H groups in total. The molecule has 3 aromatic carbocycles. The number of hydrogen-bond acceptors (Lipinski definition) is 6. The fourth-order valence-electron chi connectivity index (χ4n) is 6.09. The zero-order valence-corrected chi connectivity index (χ0v) is 24.3. The summed E-state index contributed by atoms with van der Waals surface area (Å²) in [7, 11) is 0. The van der Waals surface area contributed by atoms with Gasteiger partial charge in [-0.05, 0) is 54.7 Å². The molecule has 1 fully saturated rings. The van der Waals surface area contributed by atoms with E-state index in [2.05, 4.69) is 4.98 Å². The molecule has 7 nitrogen and oxygen atoms in total. The molecule has 2 aliphatic rings. The maximum Gasteiger partial charge on any atom is 0.277 e. The lowest BCUT2D eigenvalue weighted by Gasteiger charge is -2.41. The summed E-state index contributed by atoms with van der Waals surface area (Å²) in [4.78, 5) is 39.0. The van der Waals surface area contributed by atoms with Gasteiger partial charge in [0.15, 0.2) is 0 Å². The summed E-state index contributed by atoms with van der Waals surface area (Å²) in [6.07, 6.45) is 0.679. The molecular formula is C35H32FN3O4. The predicted octanol–water partition coefficient (Wildman–Crippen LogP) is 7.29. The molecule has 43 heavy (non-hydrogen) atoms. The van der Waals surface area contributed by atoms with Crippen molar-refractivity contribution >= 4 is 28.8 Å². The first-order valence-electron chi connectivity index (χ1n) is 14.3. The first kappa shape index (κ1) is 28.3. The van der Waals surface area contributed by atoms with E-state index in [1.165, 1.54) is 17.0 Å². The normalized spacial score (nSPS) is 19.1. The van der Waals surface area contributed by atoms with E-state index in [0.717, 1.165) is 5.56 Å². The van der Waals surface area contributed by atoms with Crippen molar-refractivity contribution < 1.29 is 23.8 Å². The first-order chi connectivity index (χ1) is 20.6. The molecule has 1 aliphatic heterocycles. The minimum atomic E-state index is -1.08. The van der Waals surface area contributed by atoms with Crippen molar-refractivity contribution in [2.45, 2.75) is 46.3 Å². The van der Waals surface area contributed by atoms with Gasteiger partial charge in [-0.25, -0.2) is 9.37 Å². The highest BCUT2D eigenvalue weighted by molar-refractivity contribution is 6.15. The number of aromatic hydroxyl groups is 1. The minimum Gasteiger partial charge on any atom is -0.506 e. The third kappa shape index (κ3) is 5.52. The lowest BCUT2D eigenvalue weighted by atomic mass is 9.68. The van der Waals surface area contributed by atoms with Gasteiger partial charge in [-0.2, -0.15) is 0 Å². The Hall–Kier alpha value is -4.85. The summed E-state index contributed by atoms with van der Waals surface area (Å²) >= 11 is 0. The average Bonchev–Trinajstić information content (AvgIpc) is 3.11. The van der Waals surface area contributed by atoms with Crippen molar-refractivity contribution in [1.82, 2.24) is 4.98 Å². The minimum absolute atomic E-state index is 0.134. The zero-order chi connectivity index (χ0) is 30.3. The molecule has 0 spiro atoms. The second-order valence-corrected chi connectivity index (χ2v) is 12.0. The number of halogens is 1. The number of ketones is 1. The van der Waals surface area contributed by atoms with Crippen molar-refractivity contribution in [2.24, 2.45) is 16.3 Å². The van der Waals surface area contributed by atoms with E-state index in [1.807, 2.05) is 44.2 Å². The average molecular weight is 578 g/mol. The molecule has 1 amide bonds. The number of fused-ring (bicyclic) bond motifs is 2. The molecule has 2 heterocycles. The van der Waals surface area contributed by atoms with E-state index in [4.69, 9.17) is 9.73 Å². The highest BCUT2D eigenvalue weighted by Crippen LogP contribution is 2.51. The SMILES string of the molecule is Cc1cccc(C(=O)N2c3cccc(O)c3N=C3CC(C)(C)CC(=O)C3[C@@H]2c2ccc(OCc3ccccc3)cc2F)n1. The van der Waals surface area contributed by atoms with E-state index in [1.54, 1.807) is 49.4 Å². The lowest BCUT2D eigenvalue weighted by molar-refractivity contribution is -0.124. The number of aliphatic imine (C=N–C) groups is 1. The number of carbonyl (C=O) groups is 2. The largest absolute Gasteiger partial charge is 0.506 e. The van der Waals surface area contributed by atoms with Crippen LogP contribution < -0.4 is 9.64 Å². The zero-order valence-electron chi connectivity index (χ0n) is 24.3. The highest BCUT2D eigenvalue weighted by Gasteiger charge is 2.49. The summed E-state index contributed by atoms with van der Waals surface area (Å²) in [5.41, 5.74) is 2.40. The molecule has 1 aromatic heterocycles. The maximum absolute atomic E-state index is 16.3. The Morgan fingerprint density at radius 2 is 1.79 bits per heavy atom. The molecule has 0 bridgehead atoms. The number of pyridine rings is 1. The molecule has 4 aromatic rings. The number of phenolic OH excluding ortho intramolecular Hbond substituents is 1. The van der Waals surface area contributed by atoms with Crippen molar-refractivity contribution in [2.75, 3.05) is 4.90 Å². The number of aryl methyl sites for hydroxylation is 1. The summed E-state index contributed by atoms with van der Waals surface area (Å²) in [6, 6.07) is 22.8. The van der Waals surface area contributed by atoms with Crippen LogP contribution in [0.3, 0.4) is 0 Å². The quantitative estimate of drug-likeness (QED) is 0.269. The van der Waals surface area contributed by atoms with E-state index in [-0.39, 0.29) is 47.2 Å². The van der Waals surface area contributed by atoms with Crippen LogP contribution in [0.25, 0.3) is 0 Å². The number of Topliss-reactive ketones (excluding diaryl/α,β-unsaturated/α-hetero) is 1. The summed E-state index contributed by atoms with van der Waals surface area (Å²) in [6.45, 7) is 5.99. The van der Waals surface area contributed by atoms with Gasteiger partial charge < -0.3 is 9.84 Å². The number of nitrogens with zero attached hydrogens (tertiary/aromatic N) is 3. The lowest BCUT2D eigenvalue weighted by Crippen LogP contribution is -2.47. The van der Waals surface area contributed by atoms with Crippen molar-refractivity contribution in [3.05, 3.63) is 113 Å². The molecule has 218 valence electrons. The molecule has 0 radical (unpaired) electrons. The van der Waals surface area contributed by atoms with Crippen LogP contribution in [0.5, 0.6) is 11.5 Å². The topological polar surface area (TPSA) is 92.1 Å². The predicted molar refractivity (Wildman–Crippen MR) is 162 cm³/mol. The Bertz CT molecular complexity index is 1750. The molecule has 6 rings (SSSR count). The van der Waals surface area contributed by atoms with Gasteiger partial charge in [0.1, 0.15) is 41.1 Å². The molecule has 1 aliphatic carbocycles. The Kier molecular flexibility index (Phi) is 7.30. The van der Waals surface area contributed by atoms with Crippen molar-refractivity contribution in [3.8, 4) is 11.5 Å². The molecule has 1 saturated carbocycles. The van der Waals surface area contributed by atoms with E-state index in [9.17, 15) is 14.7 Å². The van der Waals surface area contributed by atoms with Crippen LogP contribution in [0.4, 0.5) is 15.8 Å². The first-order valence-corrected chi connectivity index (χ1v) is 14.3. The number of para-hydroxylation sites is 1. The van der Waals surface area contributed by atoms with Gasteiger partial charge in [0.25, 0.3) is 5.91 Å². The molecule has 2 atom stereocenters. The van der Waals surface area contributed by atoms with Crippen LogP contribution in [0, 0.1) is 24.1 Å². The number of ether oxygens (including phenoxy) is 1. The Morgan fingerprint density at radius 3 is 2.53 bits per heavy atom. The van der Waals surface area contributed by atoms with Crippen LogP contribution in [-0.2, 0) is 11.4 Å². The van der Waals surface area contributed by atoms with Crippen LogP contribution in [0.2, 0.25) is 0 Å². The Labute approximate surface area is 249 Å². The maximum atomic E-state index is 16.3. The second-order valence-electron chi connectivity index (χ2n) is 12.0. The summed E-state index contributed by atoms with van der Waals surface area (Å²) in [5, 5.41) is 10.9. The monoisotopic (exact) mass is 577 g/mol. The summed E-state index contributed by atoms with van der Waals surface area (Å²) < 4.78 is 22.1. The number of rotatable bonds is 5. The van der Waals surface area contributed by atoms with Gasteiger partial charge in [0.05, 0.1) is 17.6 Å². The van der Waals surface area contributed by atoms with Crippen LogP contribution in [-0.4, -0.2) is 27.5 Å². The van der Waals surface area contributed by atoms with Gasteiger partial charge >= 0.3 is 0 Å². The molecule has 0 saturated heterocycles.